The number of hydrogen-bond donors (Lipinski definition) is 1. The summed E-state index contributed by atoms with van der Waals surface area (Å²) >= 11 is 0. The van der Waals surface area contributed by atoms with E-state index in [0.29, 0.717) is 6.54 Å². The molecule has 1 heterocycles. The van der Waals surface area contributed by atoms with Crippen LogP contribution < -0.4 is 5.32 Å². The van der Waals surface area contributed by atoms with Crippen LogP contribution in [0.2, 0.25) is 0 Å². The number of ether oxygens (including phenoxy) is 1. The van der Waals surface area contributed by atoms with E-state index in [9.17, 15) is 4.79 Å². The Morgan fingerprint density at radius 1 is 1.73 bits per heavy atom. The van der Waals surface area contributed by atoms with E-state index in [4.69, 9.17) is 4.74 Å². The van der Waals surface area contributed by atoms with Crippen LogP contribution >= 0.6 is 0 Å². The van der Waals surface area contributed by atoms with Gasteiger partial charge in [0, 0.05) is 6.54 Å². The summed E-state index contributed by atoms with van der Waals surface area (Å²) in [6.45, 7) is 4.47. The molecule has 0 aromatic heterocycles. The Morgan fingerprint density at radius 3 is 3.00 bits per heavy atom. The fraction of sp³-hybridized carbons (Fsp3) is 0.625. The molecule has 3 heteroatoms. The number of likely N-dealkylation sites (N-methyl/N-ethyl adjacent to an activating group) is 1. The zero-order valence-electron chi connectivity index (χ0n) is 6.83. The highest BCUT2D eigenvalue weighted by Crippen LogP contribution is 2.22. The molecule has 2 unspecified atom stereocenters. The van der Waals surface area contributed by atoms with Crippen LogP contribution in [0, 0.1) is 0 Å². The van der Waals surface area contributed by atoms with E-state index in [0.717, 1.165) is 0 Å². The summed E-state index contributed by atoms with van der Waals surface area (Å²) in [4.78, 5) is 11.0. The zero-order valence-corrected chi connectivity index (χ0v) is 6.83. The van der Waals surface area contributed by atoms with Crippen molar-refractivity contribution in [1.29, 1.82) is 0 Å². The largest absolute Gasteiger partial charge is 0.355 e. The van der Waals surface area contributed by atoms with Gasteiger partial charge < -0.3 is 10.1 Å². The summed E-state index contributed by atoms with van der Waals surface area (Å²) in [7, 11) is 0. The standard InChI is InChI=1S/C8H13NO2/c1-3-5-6-7(11-6)8(10)9-4-2/h3,5-7H,4H2,1-2H3,(H,9,10)/b5-3+. The van der Waals surface area contributed by atoms with E-state index in [1.165, 1.54) is 0 Å². The normalized spacial score (nSPS) is 28.9. The molecule has 1 fully saturated rings. The second-order valence-corrected chi connectivity index (χ2v) is 2.44. The second kappa shape index (κ2) is 3.53. The quantitative estimate of drug-likeness (QED) is 0.475. The van der Waals surface area contributed by atoms with Crippen LogP contribution in [0.5, 0.6) is 0 Å². The molecule has 0 bridgehead atoms. The van der Waals surface area contributed by atoms with Crippen molar-refractivity contribution in [3.63, 3.8) is 0 Å². The maximum Gasteiger partial charge on any atom is 0.252 e. The highest BCUT2D eigenvalue weighted by Gasteiger charge is 2.42. The van der Waals surface area contributed by atoms with E-state index in [-0.39, 0.29) is 18.1 Å². The summed E-state index contributed by atoms with van der Waals surface area (Å²) in [5.74, 6) is -0.00407. The second-order valence-electron chi connectivity index (χ2n) is 2.44. The van der Waals surface area contributed by atoms with Gasteiger partial charge in [-0.3, -0.25) is 4.79 Å². The van der Waals surface area contributed by atoms with Gasteiger partial charge in [0.15, 0.2) is 6.10 Å². The zero-order chi connectivity index (χ0) is 8.27. The number of rotatable bonds is 3. The van der Waals surface area contributed by atoms with Gasteiger partial charge in [-0.05, 0) is 13.8 Å². The minimum absolute atomic E-state index is 0.00407. The third kappa shape index (κ3) is 2.05. The molecule has 0 radical (unpaired) electrons. The van der Waals surface area contributed by atoms with Gasteiger partial charge in [0.1, 0.15) is 6.10 Å². The van der Waals surface area contributed by atoms with Gasteiger partial charge >= 0.3 is 0 Å². The van der Waals surface area contributed by atoms with Crippen molar-refractivity contribution in [1.82, 2.24) is 5.32 Å². The molecule has 1 saturated heterocycles. The molecule has 11 heavy (non-hydrogen) atoms. The molecule has 1 rings (SSSR count). The van der Waals surface area contributed by atoms with Crippen molar-refractivity contribution in [2.45, 2.75) is 26.1 Å². The minimum Gasteiger partial charge on any atom is -0.355 e. The average molecular weight is 155 g/mol. The van der Waals surface area contributed by atoms with Gasteiger partial charge in [-0.2, -0.15) is 0 Å². The number of carbonyl (C=O) groups excluding carboxylic acids is 1. The molecule has 1 aliphatic rings. The summed E-state index contributed by atoms with van der Waals surface area (Å²) in [6, 6.07) is 0. The maximum absolute atomic E-state index is 11.0. The Labute approximate surface area is 66.4 Å². The van der Waals surface area contributed by atoms with Crippen molar-refractivity contribution in [3.8, 4) is 0 Å². The molecule has 2 atom stereocenters. The average Bonchev–Trinajstić information content (AvgIpc) is 2.69. The number of nitrogens with one attached hydrogen (secondary N) is 1. The number of allylic oxidation sites excluding steroid dienone is 1. The fourth-order valence-corrected chi connectivity index (χ4v) is 0.946. The third-order valence-electron chi connectivity index (χ3n) is 1.52. The molecule has 62 valence electrons. The molecule has 0 aliphatic carbocycles. The van der Waals surface area contributed by atoms with E-state index in [2.05, 4.69) is 5.32 Å². The van der Waals surface area contributed by atoms with Crippen molar-refractivity contribution in [2.24, 2.45) is 0 Å². The van der Waals surface area contributed by atoms with Crippen LogP contribution in [0.4, 0.5) is 0 Å². The van der Waals surface area contributed by atoms with Crippen molar-refractivity contribution < 1.29 is 9.53 Å². The predicted molar refractivity (Wildman–Crippen MR) is 42.2 cm³/mol. The number of carbonyl (C=O) groups is 1. The minimum atomic E-state index is -0.230. The van der Waals surface area contributed by atoms with Gasteiger partial charge in [0.2, 0.25) is 0 Å². The summed E-state index contributed by atoms with van der Waals surface area (Å²) in [5, 5.41) is 2.70. The molecule has 1 aliphatic heterocycles. The fourth-order valence-electron chi connectivity index (χ4n) is 0.946. The molecule has 0 saturated carbocycles. The Morgan fingerprint density at radius 2 is 2.45 bits per heavy atom. The lowest BCUT2D eigenvalue weighted by Gasteiger charge is -1.94. The van der Waals surface area contributed by atoms with Crippen LogP contribution in [0.3, 0.4) is 0 Å². The Bertz CT molecular complexity index is 177. The molecular weight excluding hydrogens is 142 g/mol. The summed E-state index contributed by atoms with van der Waals surface area (Å²) in [6.07, 6.45) is 3.57. The summed E-state index contributed by atoms with van der Waals surface area (Å²) in [5.41, 5.74) is 0. The Kier molecular flexibility index (Phi) is 2.65. The van der Waals surface area contributed by atoms with Gasteiger partial charge in [-0.25, -0.2) is 0 Å². The lowest BCUT2D eigenvalue weighted by atomic mass is 10.3. The van der Waals surface area contributed by atoms with Crippen LogP contribution in [0.1, 0.15) is 13.8 Å². The molecule has 3 nitrogen and oxygen atoms in total. The molecular formula is C8H13NO2. The SMILES string of the molecule is C/C=C/C1OC1C(=O)NCC. The molecule has 0 aromatic rings. The first-order chi connectivity index (χ1) is 5.29. The first-order valence-electron chi connectivity index (χ1n) is 3.85. The number of epoxide rings is 1. The van der Waals surface area contributed by atoms with Crippen molar-refractivity contribution >= 4 is 5.91 Å². The number of amides is 1. The van der Waals surface area contributed by atoms with Gasteiger partial charge in [-0.1, -0.05) is 12.2 Å². The predicted octanol–water partition coefficient (Wildman–Crippen LogP) is 0.466. The highest BCUT2D eigenvalue weighted by molar-refractivity contribution is 5.84. The molecule has 1 amide bonds. The monoisotopic (exact) mass is 155 g/mol. The van der Waals surface area contributed by atoms with Gasteiger partial charge in [0.25, 0.3) is 5.91 Å². The van der Waals surface area contributed by atoms with E-state index in [1.54, 1.807) is 0 Å². The lowest BCUT2D eigenvalue weighted by molar-refractivity contribution is -0.122. The number of hydrogen-bond acceptors (Lipinski definition) is 2. The molecule has 1 N–H and O–H groups in total. The first-order valence-corrected chi connectivity index (χ1v) is 3.85. The van der Waals surface area contributed by atoms with Crippen LogP contribution in [-0.4, -0.2) is 24.7 Å². The van der Waals surface area contributed by atoms with Crippen LogP contribution in [0.15, 0.2) is 12.2 Å². The van der Waals surface area contributed by atoms with Crippen LogP contribution in [0.25, 0.3) is 0 Å². The third-order valence-corrected chi connectivity index (χ3v) is 1.52. The Hall–Kier alpha value is -0.830. The van der Waals surface area contributed by atoms with Crippen LogP contribution in [-0.2, 0) is 9.53 Å². The molecule has 0 aromatic carbocycles. The maximum atomic E-state index is 11.0. The topological polar surface area (TPSA) is 41.6 Å². The van der Waals surface area contributed by atoms with Crippen molar-refractivity contribution in [2.75, 3.05) is 6.54 Å². The van der Waals surface area contributed by atoms with Gasteiger partial charge in [-0.15, -0.1) is 0 Å². The lowest BCUT2D eigenvalue weighted by Crippen LogP contribution is -2.28. The van der Waals surface area contributed by atoms with E-state index >= 15 is 0 Å². The molecule has 0 spiro atoms. The smallest absolute Gasteiger partial charge is 0.252 e. The van der Waals surface area contributed by atoms with Crippen molar-refractivity contribution in [3.05, 3.63) is 12.2 Å². The van der Waals surface area contributed by atoms with Gasteiger partial charge in [0.05, 0.1) is 0 Å². The van der Waals surface area contributed by atoms with E-state index in [1.807, 2.05) is 26.0 Å². The van der Waals surface area contributed by atoms with E-state index < -0.39 is 0 Å². The summed E-state index contributed by atoms with van der Waals surface area (Å²) < 4.78 is 5.07. The highest BCUT2D eigenvalue weighted by atomic mass is 16.6. The first kappa shape index (κ1) is 8.27. The Balaban J connectivity index is 2.26.